The second-order valence-corrected chi connectivity index (χ2v) is 6.09. The number of carbonyl (C=O) groups is 1. The van der Waals surface area contributed by atoms with Gasteiger partial charge >= 0.3 is 5.69 Å². The van der Waals surface area contributed by atoms with Gasteiger partial charge in [0.15, 0.2) is 29.2 Å². The van der Waals surface area contributed by atoms with Crippen molar-refractivity contribution >= 4 is 38.3 Å². The average Bonchev–Trinajstić information content (AvgIpc) is 3.00. The molecule has 2 aromatic carbocycles. The smallest absolute Gasteiger partial charge is 0.311 e. The first kappa shape index (κ1) is 18.5. The third-order valence-corrected chi connectivity index (χ3v) is 4.16. The average molecular weight is 401 g/mol. The van der Waals surface area contributed by atoms with E-state index in [-0.39, 0.29) is 9.83 Å². The molecule has 3 aromatic rings. The van der Waals surface area contributed by atoms with Gasteiger partial charge in [-0.1, -0.05) is 11.3 Å². The minimum absolute atomic E-state index is 0.0385. The van der Waals surface area contributed by atoms with Gasteiger partial charge in [-0.2, -0.15) is 0 Å². The number of nitro groups is 1. The number of nitrogens with zero attached hydrogens (tertiary/aromatic N) is 2. The maximum absolute atomic E-state index is 13.6. The number of nitro benzene ring substituents is 1. The number of rotatable bonds is 5. The molecule has 1 N–H and O–H groups in total. The van der Waals surface area contributed by atoms with Crippen LogP contribution < -0.4 is 10.1 Å². The number of fused-ring (bicyclic) bond motifs is 1. The lowest BCUT2D eigenvalue weighted by Gasteiger charge is -2.06. The number of aromatic nitrogens is 1. The molecule has 0 saturated heterocycles. The van der Waals surface area contributed by atoms with E-state index < -0.39 is 57.7 Å². The molecule has 0 aliphatic rings. The predicted octanol–water partition coefficient (Wildman–Crippen LogP) is 3.78. The summed E-state index contributed by atoms with van der Waals surface area (Å²) >= 11 is 0.681. The Labute approximate surface area is 151 Å². The van der Waals surface area contributed by atoms with Crippen LogP contribution in [0.5, 0.6) is 5.75 Å². The van der Waals surface area contributed by atoms with Crippen LogP contribution in [-0.4, -0.2) is 22.4 Å². The van der Waals surface area contributed by atoms with Crippen LogP contribution in [0.15, 0.2) is 24.3 Å². The van der Waals surface area contributed by atoms with Crippen molar-refractivity contribution in [2.24, 2.45) is 0 Å². The maximum Gasteiger partial charge on any atom is 0.311 e. The first-order valence-electron chi connectivity index (χ1n) is 7.07. The van der Waals surface area contributed by atoms with E-state index in [1.165, 1.54) is 0 Å². The van der Waals surface area contributed by atoms with E-state index in [4.69, 9.17) is 4.74 Å². The van der Waals surface area contributed by atoms with E-state index >= 15 is 0 Å². The van der Waals surface area contributed by atoms with Crippen LogP contribution in [-0.2, 0) is 4.79 Å². The first-order valence-corrected chi connectivity index (χ1v) is 7.88. The number of hydrogen-bond acceptors (Lipinski definition) is 6. The molecule has 12 heteroatoms. The fraction of sp³-hybridized carbons (Fsp3) is 0.0667. The number of thiazole rings is 1. The van der Waals surface area contributed by atoms with Crippen LogP contribution in [0.4, 0.5) is 28.4 Å². The number of benzene rings is 2. The Kier molecular flexibility index (Phi) is 4.90. The second-order valence-electron chi connectivity index (χ2n) is 5.06. The highest BCUT2D eigenvalue weighted by Gasteiger charge is 2.20. The molecule has 140 valence electrons. The summed E-state index contributed by atoms with van der Waals surface area (Å²) < 4.78 is 58.1. The molecular weight excluding hydrogens is 394 g/mol. The number of nitrogens with one attached hydrogen (secondary N) is 1. The number of carbonyl (C=O) groups excluding carboxylic acids is 1. The van der Waals surface area contributed by atoms with Crippen molar-refractivity contribution in [1.82, 2.24) is 4.98 Å². The molecule has 27 heavy (non-hydrogen) atoms. The van der Waals surface area contributed by atoms with Crippen LogP contribution in [0.2, 0.25) is 0 Å². The van der Waals surface area contributed by atoms with E-state index in [0.717, 1.165) is 24.3 Å². The highest BCUT2D eigenvalue weighted by Crippen LogP contribution is 2.31. The first-order chi connectivity index (χ1) is 12.8. The predicted molar refractivity (Wildman–Crippen MR) is 86.7 cm³/mol. The van der Waals surface area contributed by atoms with Gasteiger partial charge in [0.2, 0.25) is 5.75 Å². The Hall–Kier alpha value is -3.28. The third kappa shape index (κ3) is 3.79. The van der Waals surface area contributed by atoms with E-state index in [0.29, 0.717) is 11.3 Å². The molecule has 0 spiro atoms. The monoisotopic (exact) mass is 401 g/mol. The number of halogens is 4. The van der Waals surface area contributed by atoms with Crippen molar-refractivity contribution in [3.63, 3.8) is 0 Å². The van der Waals surface area contributed by atoms with Gasteiger partial charge in [0.1, 0.15) is 11.3 Å². The van der Waals surface area contributed by atoms with Crippen LogP contribution in [0.25, 0.3) is 10.2 Å². The molecule has 0 unspecified atom stereocenters. The van der Waals surface area contributed by atoms with E-state index in [1.807, 2.05) is 0 Å². The summed E-state index contributed by atoms with van der Waals surface area (Å²) in [5.41, 5.74) is -1.01. The number of anilines is 1. The number of hydrogen-bond donors (Lipinski definition) is 1. The van der Waals surface area contributed by atoms with Crippen LogP contribution in [0.3, 0.4) is 0 Å². The standard InChI is InChI=1S/C15H7F4N3O4S/c16-6-1-2-8(22(24)25)9(3-6)26-5-11(23)20-15-21-14-10(27-15)4-7(17)12(18)13(14)19/h1-4H,5H2,(H,20,21,23). The fourth-order valence-electron chi connectivity index (χ4n) is 2.08. The van der Waals surface area contributed by atoms with Gasteiger partial charge in [-0.3, -0.25) is 20.2 Å². The zero-order chi connectivity index (χ0) is 19.7. The molecule has 3 rings (SSSR count). The van der Waals surface area contributed by atoms with Crippen LogP contribution in [0, 0.1) is 33.4 Å². The summed E-state index contributed by atoms with van der Waals surface area (Å²) in [5.74, 6) is -6.70. The topological polar surface area (TPSA) is 94.4 Å². The molecule has 1 amide bonds. The number of ether oxygens (including phenoxy) is 1. The van der Waals surface area contributed by atoms with Crippen molar-refractivity contribution in [3.8, 4) is 5.75 Å². The second kappa shape index (κ2) is 7.15. The molecule has 1 heterocycles. The van der Waals surface area contributed by atoms with Crippen molar-refractivity contribution in [2.45, 2.75) is 0 Å². The summed E-state index contributed by atoms with van der Waals surface area (Å²) in [5, 5.41) is 12.9. The lowest BCUT2D eigenvalue weighted by molar-refractivity contribution is -0.385. The zero-order valence-electron chi connectivity index (χ0n) is 13.0. The molecule has 0 aliphatic heterocycles. The quantitative estimate of drug-likeness (QED) is 0.304. The lowest BCUT2D eigenvalue weighted by atomic mass is 10.3. The molecule has 0 radical (unpaired) electrons. The largest absolute Gasteiger partial charge is 0.477 e. The van der Waals surface area contributed by atoms with Crippen LogP contribution >= 0.6 is 11.3 Å². The summed E-state index contributed by atoms with van der Waals surface area (Å²) in [4.78, 5) is 25.6. The molecule has 0 atom stereocenters. The highest BCUT2D eigenvalue weighted by molar-refractivity contribution is 7.22. The highest BCUT2D eigenvalue weighted by atomic mass is 32.1. The molecule has 7 nitrogen and oxygen atoms in total. The molecular formula is C15H7F4N3O4S. The van der Waals surface area contributed by atoms with E-state index in [1.54, 1.807) is 0 Å². The van der Waals surface area contributed by atoms with Crippen molar-refractivity contribution in [1.29, 1.82) is 0 Å². The van der Waals surface area contributed by atoms with Gasteiger partial charge in [-0.15, -0.1) is 0 Å². The molecule has 1 aromatic heterocycles. The molecule has 0 bridgehead atoms. The maximum atomic E-state index is 13.6. The lowest BCUT2D eigenvalue weighted by Crippen LogP contribution is -2.20. The molecule has 0 aliphatic carbocycles. The Bertz CT molecular complexity index is 1070. The van der Waals surface area contributed by atoms with Gasteiger partial charge in [-0.25, -0.2) is 22.5 Å². The van der Waals surface area contributed by atoms with Crippen LogP contribution in [0.1, 0.15) is 0 Å². The molecule has 0 fully saturated rings. The van der Waals surface area contributed by atoms with E-state index in [9.17, 15) is 32.5 Å². The van der Waals surface area contributed by atoms with E-state index in [2.05, 4.69) is 10.3 Å². The minimum atomic E-state index is -1.69. The van der Waals surface area contributed by atoms with Gasteiger partial charge in [0.25, 0.3) is 5.91 Å². The minimum Gasteiger partial charge on any atom is -0.477 e. The number of amides is 1. The fourth-order valence-corrected chi connectivity index (χ4v) is 2.99. The Morgan fingerprint density at radius 3 is 2.67 bits per heavy atom. The Morgan fingerprint density at radius 2 is 1.96 bits per heavy atom. The summed E-state index contributed by atoms with van der Waals surface area (Å²) in [6.45, 7) is -0.745. The Balaban J connectivity index is 1.74. The van der Waals surface area contributed by atoms with Gasteiger partial charge < -0.3 is 4.74 Å². The SMILES string of the molecule is O=C(COc1cc(F)ccc1[N+](=O)[O-])Nc1nc2c(F)c(F)c(F)cc2s1. The third-order valence-electron chi connectivity index (χ3n) is 3.25. The summed E-state index contributed by atoms with van der Waals surface area (Å²) in [6, 6.07) is 3.21. The normalized spacial score (nSPS) is 10.8. The summed E-state index contributed by atoms with van der Waals surface area (Å²) in [6.07, 6.45) is 0. The van der Waals surface area contributed by atoms with Gasteiger partial charge in [-0.05, 0) is 12.1 Å². The molecule has 0 saturated carbocycles. The van der Waals surface area contributed by atoms with Crippen molar-refractivity contribution < 1.29 is 32.0 Å². The van der Waals surface area contributed by atoms with Crippen molar-refractivity contribution in [2.75, 3.05) is 11.9 Å². The van der Waals surface area contributed by atoms with Gasteiger partial charge in [0, 0.05) is 12.1 Å². The zero-order valence-corrected chi connectivity index (χ0v) is 13.8. The Morgan fingerprint density at radius 1 is 1.22 bits per heavy atom. The summed E-state index contributed by atoms with van der Waals surface area (Å²) in [7, 11) is 0. The van der Waals surface area contributed by atoms with Gasteiger partial charge in [0.05, 0.1) is 9.62 Å². The van der Waals surface area contributed by atoms with Crippen molar-refractivity contribution in [3.05, 3.63) is 57.6 Å².